The summed E-state index contributed by atoms with van der Waals surface area (Å²) < 4.78 is 0. The SMILES string of the molecule is CCCNC(=O)c1ccc(NC(CCC)C(=O)O)nc1. The summed E-state index contributed by atoms with van der Waals surface area (Å²) in [5, 5.41) is 14.7. The number of pyridine rings is 1. The number of hydrogen-bond acceptors (Lipinski definition) is 4. The first kappa shape index (κ1) is 15.9. The average molecular weight is 279 g/mol. The highest BCUT2D eigenvalue weighted by molar-refractivity contribution is 5.94. The lowest BCUT2D eigenvalue weighted by molar-refractivity contribution is -0.138. The Balaban J connectivity index is 2.66. The van der Waals surface area contributed by atoms with E-state index >= 15 is 0 Å². The molecule has 1 atom stereocenters. The Bertz CT molecular complexity index is 445. The average Bonchev–Trinajstić information content (AvgIpc) is 2.45. The van der Waals surface area contributed by atoms with Crippen molar-refractivity contribution in [2.75, 3.05) is 11.9 Å². The zero-order valence-corrected chi connectivity index (χ0v) is 11.8. The molecule has 1 unspecified atom stereocenters. The lowest BCUT2D eigenvalue weighted by Gasteiger charge is -2.14. The molecule has 1 aromatic rings. The van der Waals surface area contributed by atoms with E-state index in [2.05, 4.69) is 15.6 Å². The van der Waals surface area contributed by atoms with Gasteiger partial charge in [0.1, 0.15) is 11.9 Å². The number of aromatic nitrogens is 1. The first-order valence-corrected chi connectivity index (χ1v) is 6.82. The number of anilines is 1. The van der Waals surface area contributed by atoms with Gasteiger partial charge in [0.25, 0.3) is 5.91 Å². The predicted octanol–water partition coefficient (Wildman–Crippen LogP) is 1.89. The summed E-state index contributed by atoms with van der Waals surface area (Å²) in [6.45, 7) is 4.52. The van der Waals surface area contributed by atoms with E-state index in [0.29, 0.717) is 24.3 Å². The Morgan fingerprint density at radius 2 is 2.05 bits per heavy atom. The molecule has 1 heterocycles. The van der Waals surface area contributed by atoms with Gasteiger partial charge in [0.2, 0.25) is 0 Å². The summed E-state index contributed by atoms with van der Waals surface area (Å²) in [7, 11) is 0. The zero-order chi connectivity index (χ0) is 15.0. The maximum atomic E-state index is 11.7. The number of carbonyl (C=O) groups excluding carboxylic acids is 1. The first-order valence-electron chi connectivity index (χ1n) is 6.82. The molecule has 0 spiro atoms. The Morgan fingerprint density at radius 1 is 1.30 bits per heavy atom. The van der Waals surface area contributed by atoms with Crippen LogP contribution in [0.2, 0.25) is 0 Å². The number of carbonyl (C=O) groups is 2. The van der Waals surface area contributed by atoms with Gasteiger partial charge in [-0.15, -0.1) is 0 Å². The van der Waals surface area contributed by atoms with Crippen LogP contribution in [-0.4, -0.2) is 34.6 Å². The minimum Gasteiger partial charge on any atom is -0.480 e. The molecule has 1 amide bonds. The molecule has 6 heteroatoms. The van der Waals surface area contributed by atoms with Gasteiger partial charge < -0.3 is 15.7 Å². The number of nitrogens with one attached hydrogen (secondary N) is 2. The van der Waals surface area contributed by atoms with Crippen molar-refractivity contribution in [2.45, 2.75) is 39.2 Å². The molecule has 1 aromatic heterocycles. The second kappa shape index (κ2) is 8.14. The minimum atomic E-state index is -0.904. The molecule has 0 bridgehead atoms. The van der Waals surface area contributed by atoms with Crippen molar-refractivity contribution in [1.82, 2.24) is 10.3 Å². The van der Waals surface area contributed by atoms with Crippen LogP contribution in [0.3, 0.4) is 0 Å². The second-order valence-electron chi connectivity index (χ2n) is 4.51. The van der Waals surface area contributed by atoms with Crippen molar-refractivity contribution >= 4 is 17.7 Å². The lowest BCUT2D eigenvalue weighted by Crippen LogP contribution is -2.29. The highest BCUT2D eigenvalue weighted by Gasteiger charge is 2.16. The van der Waals surface area contributed by atoms with E-state index < -0.39 is 12.0 Å². The molecule has 0 aliphatic heterocycles. The molecule has 0 saturated heterocycles. The summed E-state index contributed by atoms with van der Waals surface area (Å²) in [6, 6.07) is 2.59. The van der Waals surface area contributed by atoms with Gasteiger partial charge in [-0.25, -0.2) is 9.78 Å². The van der Waals surface area contributed by atoms with Crippen LogP contribution in [0.5, 0.6) is 0 Å². The van der Waals surface area contributed by atoms with Gasteiger partial charge in [-0.1, -0.05) is 20.3 Å². The van der Waals surface area contributed by atoms with Crippen LogP contribution < -0.4 is 10.6 Å². The molecule has 3 N–H and O–H groups in total. The molecular formula is C14H21N3O3. The Kier molecular flexibility index (Phi) is 6.49. The highest BCUT2D eigenvalue weighted by atomic mass is 16.4. The van der Waals surface area contributed by atoms with Crippen LogP contribution in [0.15, 0.2) is 18.3 Å². The molecule has 0 saturated carbocycles. The zero-order valence-electron chi connectivity index (χ0n) is 11.8. The van der Waals surface area contributed by atoms with Gasteiger partial charge in [0, 0.05) is 12.7 Å². The van der Waals surface area contributed by atoms with Crippen molar-refractivity contribution in [2.24, 2.45) is 0 Å². The van der Waals surface area contributed by atoms with Crippen LogP contribution in [-0.2, 0) is 4.79 Å². The summed E-state index contributed by atoms with van der Waals surface area (Å²) in [4.78, 5) is 26.8. The molecule has 0 aliphatic rings. The standard InChI is InChI=1S/C14H21N3O3/c1-3-5-11(14(19)20)17-12-7-6-10(9-16-12)13(18)15-8-4-2/h6-7,9,11H,3-5,8H2,1-2H3,(H,15,18)(H,16,17)(H,19,20). The molecule has 0 fully saturated rings. The normalized spacial score (nSPS) is 11.7. The number of rotatable bonds is 8. The summed E-state index contributed by atoms with van der Waals surface area (Å²) in [5.41, 5.74) is 0.464. The van der Waals surface area contributed by atoms with E-state index in [-0.39, 0.29) is 5.91 Å². The van der Waals surface area contributed by atoms with Crippen molar-refractivity contribution in [3.63, 3.8) is 0 Å². The van der Waals surface area contributed by atoms with Crippen molar-refractivity contribution in [1.29, 1.82) is 0 Å². The van der Waals surface area contributed by atoms with Gasteiger partial charge in [-0.2, -0.15) is 0 Å². The second-order valence-corrected chi connectivity index (χ2v) is 4.51. The molecule has 0 radical (unpaired) electrons. The number of amides is 1. The van der Waals surface area contributed by atoms with E-state index in [1.807, 2.05) is 13.8 Å². The van der Waals surface area contributed by atoms with E-state index in [4.69, 9.17) is 5.11 Å². The van der Waals surface area contributed by atoms with Gasteiger partial charge in [0.05, 0.1) is 5.56 Å². The lowest BCUT2D eigenvalue weighted by atomic mass is 10.1. The molecule has 20 heavy (non-hydrogen) atoms. The van der Waals surface area contributed by atoms with Crippen LogP contribution in [0, 0.1) is 0 Å². The number of carboxylic acid groups (broad SMARTS) is 1. The number of hydrogen-bond donors (Lipinski definition) is 3. The van der Waals surface area contributed by atoms with Gasteiger partial charge in [0.15, 0.2) is 0 Å². The maximum Gasteiger partial charge on any atom is 0.326 e. The Labute approximate surface area is 118 Å². The van der Waals surface area contributed by atoms with Gasteiger partial charge in [-0.3, -0.25) is 4.79 Å². The third kappa shape index (κ3) is 4.87. The third-order valence-corrected chi connectivity index (χ3v) is 2.76. The Morgan fingerprint density at radius 3 is 2.55 bits per heavy atom. The summed E-state index contributed by atoms with van der Waals surface area (Å²) >= 11 is 0. The molecular weight excluding hydrogens is 258 g/mol. The first-order chi connectivity index (χ1) is 9.58. The summed E-state index contributed by atoms with van der Waals surface area (Å²) in [6.07, 6.45) is 3.60. The number of aliphatic carboxylic acids is 1. The number of carboxylic acids is 1. The monoisotopic (exact) mass is 279 g/mol. The molecule has 110 valence electrons. The third-order valence-electron chi connectivity index (χ3n) is 2.76. The largest absolute Gasteiger partial charge is 0.480 e. The highest BCUT2D eigenvalue weighted by Crippen LogP contribution is 2.09. The fourth-order valence-corrected chi connectivity index (χ4v) is 1.68. The van der Waals surface area contributed by atoms with E-state index in [1.54, 1.807) is 12.1 Å². The topological polar surface area (TPSA) is 91.3 Å². The smallest absolute Gasteiger partial charge is 0.326 e. The molecule has 0 aliphatic carbocycles. The van der Waals surface area contributed by atoms with Gasteiger partial charge in [-0.05, 0) is 25.0 Å². The van der Waals surface area contributed by atoms with Crippen molar-refractivity contribution in [3.05, 3.63) is 23.9 Å². The van der Waals surface area contributed by atoms with E-state index in [9.17, 15) is 9.59 Å². The van der Waals surface area contributed by atoms with E-state index in [0.717, 1.165) is 12.8 Å². The van der Waals surface area contributed by atoms with Crippen LogP contribution >= 0.6 is 0 Å². The van der Waals surface area contributed by atoms with E-state index in [1.165, 1.54) is 6.20 Å². The minimum absolute atomic E-state index is 0.172. The fraction of sp³-hybridized carbons (Fsp3) is 0.500. The van der Waals surface area contributed by atoms with Gasteiger partial charge >= 0.3 is 5.97 Å². The molecule has 1 rings (SSSR count). The Hall–Kier alpha value is -2.11. The number of nitrogens with zero attached hydrogens (tertiary/aromatic N) is 1. The van der Waals surface area contributed by atoms with Crippen LogP contribution in [0.25, 0.3) is 0 Å². The maximum absolute atomic E-state index is 11.7. The van der Waals surface area contributed by atoms with Crippen LogP contribution in [0.1, 0.15) is 43.5 Å². The van der Waals surface area contributed by atoms with Crippen molar-refractivity contribution < 1.29 is 14.7 Å². The molecule has 6 nitrogen and oxygen atoms in total. The predicted molar refractivity (Wildman–Crippen MR) is 76.8 cm³/mol. The fourth-order valence-electron chi connectivity index (χ4n) is 1.68. The van der Waals surface area contributed by atoms with Crippen LogP contribution in [0.4, 0.5) is 5.82 Å². The summed E-state index contributed by atoms with van der Waals surface area (Å²) in [5.74, 6) is -0.620. The quantitative estimate of drug-likeness (QED) is 0.676. The van der Waals surface area contributed by atoms with Crippen molar-refractivity contribution in [3.8, 4) is 0 Å². The molecule has 0 aromatic carbocycles.